The molecule has 0 amide bonds. The standard InChI is InChI=1S/C16H21ClN4.HI/c1-4-7-19-16(18-3)21-10-8-20(9-11-21)15-12-14(17)6-5-13(15)2;/h1,5-6,12H,7-11H2,2-3H3,(H,18,19);1H. The Hall–Kier alpha value is -1.13. The van der Waals surface area contributed by atoms with Crippen molar-refractivity contribution in [2.75, 3.05) is 44.7 Å². The van der Waals surface area contributed by atoms with E-state index in [9.17, 15) is 0 Å². The molecule has 1 fully saturated rings. The van der Waals surface area contributed by atoms with Gasteiger partial charge in [-0.1, -0.05) is 23.6 Å². The van der Waals surface area contributed by atoms with Crippen LogP contribution in [0.2, 0.25) is 5.02 Å². The van der Waals surface area contributed by atoms with Crippen LogP contribution in [0.3, 0.4) is 0 Å². The largest absolute Gasteiger partial charge is 0.368 e. The summed E-state index contributed by atoms with van der Waals surface area (Å²) in [5, 5.41) is 3.95. The molecule has 0 aromatic heterocycles. The van der Waals surface area contributed by atoms with Gasteiger partial charge in [-0.05, 0) is 24.6 Å². The summed E-state index contributed by atoms with van der Waals surface area (Å²) in [6, 6.07) is 6.04. The van der Waals surface area contributed by atoms with Gasteiger partial charge >= 0.3 is 0 Å². The average Bonchev–Trinajstić information content (AvgIpc) is 2.51. The van der Waals surface area contributed by atoms with Gasteiger partial charge in [0, 0.05) is 43.9 Å². The van der Waals surface area contributed by atoms with Crippen LogP contribution in [0, 0.1) is 19.3 Å². The van der Waals surface area contributed by atoms with Crippen molar-refractivity contribution in [1.29, 1.82) is 0 Å². The van der Waals surface area contributed by atoms with E-state index in [0.29, 0.717) is 6.54 Å². The summed E-state index contributed by atoms with van der Waals surface area (Å²) in [6.45, 7) is 6.33. The van der Waals surface area contributed by atoms with Crippen LogP contribution in [-0.2, 0) is 0 Å². The van der Waals surface area contributed by atoms with Gasteiger partial charge in [0.15, 0.2) is 5.96 Å². The molecule has 1 heterocycles. The molecule has 1 N–H and O–H groups in total. The molecule has 0 unspecified atom stereocenters. The van der Waals surface area contributed by atoms with Crippen LogP contribution in [0.1, 0.15) is 5.56 Å². The number of guanidine groups is 1. The highest BCUT2D eigenvalue weighted by Crippen LogP contribution is 2.25. The molecule has 1 aliphatic rings. The molecule has 0 bridgehead atoms. The predicted octanol–water partition coefficient (Wildman–Crippen LogP) is 2.60. The average molecular weight is 433 g/mol. The quantitative estimate of drug-likeness (QED) is 0.337. The first kappa shape index (κ1) is 18.9. The van der Waals surface area contributed by atoms with E-state index in [1.165, 1.54) is 11.3 Å². The molecule has 1 aliphatic heterocycles. The summed E-state index contributed by atoms with van der Waals surface area (Å²) < 4.78 is 0. The molecule has 2 rings (SSSR count). The van der Waals surface area contributed by atoms with Crippen molar-refractivity contribution < 1.29 is 0 Å². The highest BCUT2D eigenvalue weighted by atomic mass is 127. The Morgan fingerprint density at radius 3 is 2.64 bits per heavy atom. The van der Waals surface area contributed by atoms with Gasteiger partial charge in [-0.2, -0.15) is 0 Å². The van der Waals surface area contributed by atoms with Crippen molar-refractivity contribution in [2.45, 2.75) is 6.92 Å². The summed E-state index contributed by atoms with van der Waals surface area (Å²) in [5.41, 5.74) is 2.47. The second-order valence-corrected chi connectivity index (χ2v) is 5.45. The molecule has 1 aromatic rings. The summed E-state index contributed by atoms with van der Waals surface area (Å²) in [7, 11) is 1.78. The van der Waals surface area contributed by atoms with Crippen LogP contribution in [-0.4, -0.2) is 50.6 Å². The molecule has 0 radical (unpaired) electrons. The van der Waals surface area contributed by atoms with E-state index < -0.39 is 0 Å². The van der Waals surface area contributed by atoms with Gasteiger partial charge in [-0.15, -0.1) is 30.4 Å². The van der Waals surface area contributed by atoms with Crippen molar-refractivity contribution in [3.05, 3.63) is 28.8 Å². The number of hydrogen-bond donors (Lipinski definition) is 1. The second-order valence-electron chi connectivity index (χ2n) is 5.01. The van der Waals surface area contributed by atoms with Crippen LogP contribution in [0.15, 0.2) is 23.2 Å². The first-order valence-electron chi connectivity index (χ1n) is 7.06. The number of hydrogen-bond acceptors (Lipinski definition) is 2. The monoisotopic (exact) mass is 432 g/mol. The fourth-order valence-electron chi connectivity index (χ4n) is 2.54. The van der Waals surface area contributed by atoms with Crippen molar-refractivity contribution >= 4 is 47.2 Å². The zero-order valence-corrected chi connectivity index (χ0v) is 16.1. The number of terminal acetylenes is 1. The number of aliphatic imine (C=N–C) groups is 1. The van der Waals surface area contributed by atoms with E-state index in [4.69, 9.17) is 18.0 Å². The number of benzene rings is 1. The molecule has 4 nitrogen and oxygen atoms in total. The van der Waals surface area contributed by atoms with Gasteiger partial charge in [0.1, 0.15) is 0 Å². The minimum absolute atomic E-state index is 0. The lowest BCUT2D eigenvalue weighted by molar-refractivity contribution is 0.374. The molecule has 0 atom stereocenters. The number of nitrogens with one attached hydrogen (secondary N) is 1. The predicted molar refractivity (Wildman–Crippen MR) is 106 cm³/mol. The highest BCUT2D eigenvalue weighted by Gasteiger charge is 2.20. The SMILES string of the molecule is C#CCNC(=NC)N1CCN(c2cc(Cl)ccc2C)CC1.I. The number of nitrogens with zero attached hydrogens (tertiary/aromatic N) is 3. The normalized spacial score (nSPS) is 15.1. The minimum Gasteiger partial charge on any atom is -0.368 e. The third-order valence-electron chi connectivity index (χ3n) is 3.65. The number of piperazine rings is 1. The maximum Gasteiger partial charge on any atom is 0.194 e. The second kappa shape index (κ2) is 9.11. The molecule has 120 valence electrons. The van der Waals surface area contributed by atoms with E-state index in [1.807, 2.05) is 12.1 Å². The lowest BCUT2D eigenvalue weighted by Gasteiger charge is -2.38. The number of aryl methyl sites for hydroxylation is 1. The molecule has 0 spiro atoms. The van der Waals surface area contributed by atoms with Gasteiger partial charge in [-0.3, -0.25) is 4.99 Å². The molecular weight excluding hydrogens is 411 g/mol. The smallest absolute Gasteiger partial charge is 0.194 e. The van der Waals surface area contributed by atoms with Crippen LogP contribution in [0.4, 0.5) is 5.69 Å². The Balaban J connectivity index is 0.00000242. The van der Waals surface area contributed by atoms with E-state index >= 15 is 0 Å². The number of anilines is 1. The first-order valence-corrected chi connectivity index (χ1v) is 7.43. The zero-order chi connectivity index (χ0) is 15.2. The molecule has 22 heavy (non-hydrogen) atoms. The lowest BCUT2D eigenvalue weighted by Crippen LogP contribution is -2.52. The van der Waals surface area contributed by atoms with Crippen LogP contribution in [0.25, 0.3) is 0 Å². The summed E-state index contributed by atoms with van der Waals surface area (Å²) in [5.74, 6) is 3.45. The van der Waals surface area contributed by atoms with Gasteiger partial charge < -0.3 is 15.1 Å². The molecule has 0 saturated carbocycles. The number of rotatable bonds is 2. The van der Waals surface area contributed by atoms with Gasteiger partial charge in [0.25, 0.3) is 0 Å². The molecule has 1 saturated heterocycles. The summed E-state index contributed by atoms with van der Waals surface area (Å²) in [4.78, 5) is 8.87. The van der Waals surface area contributed by atoms with Crippen molar-refractivity contribution in [1.82, 2.24) is 10.2 Å². The third-order valence-corrected chi connectivity index (χ3v) is 3.89. The van der Waals surface area contributed by atoms with Gasteiger partial charge in [0.2, 0.25) is 0 Å². The van der Waals surface area contributed by atoms with Crippen molar-refractivity contribution in [2.24, 2.45) is 4.99 Å². The highest BCUT2D eigenvalue weighted by molar-refractivity contribution is 14.0. The zero-order valence-electron chi connectivity index (χ0n) is 13.0. The van der Waals surface area contributed by atoms with Crippen molar-refractivity contribution in [3.63, 3.8) is 0 Å². The first-order chi connectivity index (χ1) is 10.2. The van der Waals surface area contributed by atoms with Gasteiger partial charge in [0.05, 0.1) is 6.54 Å². The van der Waals surface area contributed by atoms with E-state index in [2.05, 4.69) is 39.0 Å². The molecule has 0 aliphatic carbocycles. The fraction of sp³-hybridized carbons (Fsp3) is 0.438. The van der Waals surface area contributed by atoms with Crippen LogP contribution >= 0.6 is 35.6 Å². The van der Waals surface area contributed by atoms with E-state index in [-0.39, 0.29) is 24.0 Å². The maximum atomic E-state index is 6.11. The summed E-state index contributed by atoms with van der Waals surface area (Å²) >= 11 is 6.11. The Kier molecular flexibility index (Phi) is 7.83. The Labute approximate surface area is 154 Å². The van der Waals surface area contributed by atoms with Crippen LogP contribution < -0.4 is 10.2 Å². The topological polar surface area (TPSA) is 30.9 Å². The summed E-state index contributed by atoms with van der Waals surface area (Å²) in [6.07, 6.45) is 5.28. The Bertz CT molecular complexity index is 560. The third kappa shape index (κ3) is 4.68. The minimum atomic E-state index is 0. The maximum absolute atomic E-state index is 6.11. The van der Waals surface area contributed by atoms with E-state index in [0.717, 1.165) is 37.2 Å². The van der Waals surface area contributed by atoms with E-state index in [1.54, 1.807) is 7.05 Å². The van der Waals surface area contributed by atoms with Crippen molar-refractivity contribution in [3.8, 4) is 12.3 Å². The molecule has 6 heteroatoms. The molecular formula is C16H22ClIN4. The molecule has 1 aromatic carbocycles. The fourth-order valence-corrected chi connectivity index (χ4v) is 2.71. The number of halogens is 2. The van der Waals surface area contributed by atoms with Crippen LogP contribution in [0.5, 0.6) is 0 Å². The Morgan fingerprint density at radius 1 is 1.36 bits per heavy atom. The Morgan fingerprint density at radius 2 is 2.05 bits per heavy atom. The lowest BCUT2D eigenvalue weighted by atomic mass is 10.1. The van der Waals surface area contributed by atoms with Gasteiger partial charge in [-0.25, -0.2) is 0 Å².